The van der Waals surface area contributed by atoms with Crippen LogP contribution in [0, 0.1) is 17.8 Å². The van der Waals surface area contributed by atoms with Gasteiger partial charge in [-0.25, -0.2) is 9.37 Å². The maximum atomic E-state index is 13.5. The minimum atomic E-state index is -0.297. The summed E-state index contributed by atoms with van der Waals surface area (Å²) in [4.78, 5) is 8.78. The smallest absolute Gasteiger partial charge is 0.239 e. The largest absolute Gasteiger partial charge is 0.387 e. The molecule has 0 saturated heterocycles. The summed E-state index contributed by atoms with van der Waals surface area (Å²) in [5, 5.41) is 0.972. The van der Waals surface area contributed by atoms with Crippen LogP contribution >= 0.6 is 0 Å². The van der Waals surface area contributed by atoms with Crippen LogP contribution < -0.4 is 4.74 Å². The summed E-state index contributed by atoms with van der Waals surface area (Å²) in [5.41, 5.74) is 4.28. The molecule has 2 aromatic heterocycles. The first-order chi connectivity index (χ1) is 13.3. The van der Waals surface area contributed by atoms with Crippen molar-refractivity contribution in [3.63, 3.8) is 0 Å². The minimum Gasteiger partial charge on any atom is -0.387 e. The SMILES string of the molecule is CC#COc1nc2ccccc2c(-c2ccncc2)c1-c1ccc(F)cc1. The number of fused-ring (bicyclic) bond motifs is 1. The van der Waals surface area contributed by atoms with Crippen LogP contribution in [0.15, 0.2) is 73.1 Å². The number of rotatable bonds is 3. The van der Waals surface area contributed by atoms with Crippen molar-refractivity contribution in [3.05, 3.63) is 78.9 Å². The Morgan fingerprint density at radius 1 is 0.852 bits per heavy atom. The van der Waals surface area contributed by atoms with Crippen molar-refractivity contribution in [1.29, 1.82) is 0 Å². The summed E-state index contributed by atoms with van der Waals surface area (Å²) in [6.07, 6.45) is 6.11. The molecule has 0 aliphatic carbocycles. The van der Waals surface area contributed by atoms with Gasteiger partial charge in [-0.15, -0.1) is 0 Å². The molecular weight excluding hydrogens is 339 g/mol. The van der Waals surface area contributed by atoms with Gasteiger partial charge in [0.2, 0.25) is 5.88 Å². The molecule has 0 aliphatic heterocycles. The lowest BCUT2D eigenvalue weighted by Crippen LogP contribution is -1.97. The fraction of sp³-hybridized carbons (Fsp3) is 0.0435. The Kier molecular flexibility index (Phi) is 4.51. The van der Waals surface area contributed by atoms with Gasteiger partial charge in [-0.1, -0.05) is 36.3 Å². The van der Waals surface area contributed by atoms with E-state index >= 15 is 0 Å². The van der Waals surface area contributed by atoms with Gasteiger partial charge in [0, 0.05) is 30.3 Å². The predicted octanol–water partition coefficient (Wildman–Crippen LogP) is 5.46. The molecule has 0 fully saturated rings. The van der Waals surface area contributed by atoms with E-state index in [0.717, 1.165) is 33.2 Å². The van der Waals surface area contributed by atoms with Crippen LogP contribution in [0.4, 0.5) is 4.39 Å². The molecule has 0 aliphatic rings. The van der Waals surface area contributed by atoms with Gasteiger partial charge in [0.05, 0.1) is 11.1 Å². The monoisotopic (exact) mass is 354 g/mol. The van der Waals surface area contributed by atoms with Crippen LogP contribution in [-0.2, 0) is 0 Å². The Morgan fingerprint density at radius 2 is 1.56 bits per heavy atom. The fourth-order valence-corrected chi connectivity index (χ4v) is 3.07. The molecule has 4 rings (SSSR count). The highest BCUT2D eigenvalue weighted by Gasteiger charge is 2.19. The first-order valence-electron chi connectivity index (χ1n) is 8.45. The lowest BCUT2D eigenvalue weighted by molar-refractivity contribution is 0.502. The predicted molar refractivity (Wildman–Crippen MR) is 104 cm³/mol. The Labute approximate surface area is 156 Å². The van der Waals surface area contributed by atoms with Crippen LogP contribution in [0.5, 0.6) is 5.88 Å². The van der Waals surface area contributed by atoms with Gasteiger partial charge < -0.3 is 4.74 Å². The quantitative estimate of drug-likeness (QED) is 0.458. The van der Waals surface area contributed by atoms with E-state index in [0.29, 0.717) is 5.88 Å². The van der Waals surface area contributed by atoms with E-state index in [1.54, 1.807) is 31.5 Å². The number of hydrogen-bond acceptors (Lipinski definition) is 3. The lowest BCUT2D eigenvalue weighted by Gasteiger charge is -2.16. The third-order valence-electron chi connectivity index (χ3n) is 4.21. The van der Waals surface area contributed by atoms with Crippen molar-refractivity contribution in [1.82, 2.24) is 9.97 Å². The van der Waals surface area contributed by atoms with Gasteiger partial charge in [-0.2, -0.15) is 0 Å². The normalized spacial score (nSPS) is 10.3. The van der Waals surface area contributed by atoms with Crippen molar-refractivity contribution in [2.24, 2.45) is 0 Å². The zero-order valence-electron chi connectivity index (χ0n) is 14.6. The molecule has 0 N–H and O–H groups in total. The average Bonchev–Trinajstić information content (AvgIpc) is 2.72. The Balaban J connectivity index is 2.13. The Hall–Kier alpha value is -3.71. The van der Waals surface area contributed by atoms with Crippen LogP contribution in [-0.4, -0.2) is 9.97 Å². The van der Waals surface area contributed by atoms with E-state index in [2.05, 4.69) is 22.0 Å². The number of halogens is 1. The maximum absolute atomic E-state index is 13.5. The van der Waals surface area contributed by atoms with Crippen LogP contribution in [0.25, 0.3) is 33.2 Å². The van der Waals surface area contributed by atoms with Crippen molar-refractivity contribution in [2.75, 3.05) is 0 Å². The Morgan fingerprint density at radius 3 is 2.30 bits per heavy atom. The minimum absolute atomic E-state index is 0.297. The van der Waals surface area contributed by atoms with Crippen LogP contribution in [0.2, 0.25) is 0 Å². The number of aromatic nitrogens is 2. The molecule has 0 spiro atoms. The van der Waals surface area contributed by atoms with Crippen molar-refractivity contribution in [3.8, 4) is 40.2 Å². The van der Waals surface area contributed by atoms with Crippen LogP contribution in [0.1, 0.15) is 6.92 Å². The fourth-order valence-electron chi connectivity index (χ4n) is 3.07. The summed E-state index contributed by atoms with van der Waals surface area (Å²) >= 11 is 0. The Bertz CT molecular complexity index is 1160. The van der Waals surface area contributed by atoms with Gasteiger partial charge in [-0.05, 0) is 41.5 Å². The zero-order chi connectivity index (χ0) is 18.6. The maximum Gasteiger partial charge on any atom is 0.239 e. The molecule has 0 saturated carbocycles. The van der Waals surface area contributed by atoms with E-state index in [4.69, 9.17) is 4.74 Å². The van der Waals surface area contributed by atoms with E-state index in [1.165, 1.54) is 12.1 Å². The van der Waals surface area contributed by atoms with Gasteiger partial charge in [0.25, 0.3) is 0 Å². The van der Waals surface area contributed by atoms with Gasteiger partial charge in [0.1, 0.15) is 11.9 Å². The van der Waals surface area contributed by atoms with E-state index in [9.17, 15) is 4.39 Å². The molecule has 0 radical (unpaired) electrons. The molecule has 4 aromatic rings. The van der Waals surface area contributed by atoms with Crippen molar-refractivity contribution >= 4 is 10.9 Å². The zero-order valence-corrected chi connectivity index (χ0v) is 14.6. The third kappa shape index (κ3) is 3.23. The second-order valence-electron chi connectivity index (χ2n) is 5.88. The highest BCUT2D eigenvalue weighted by molar-refractivity contribution is 6.04. The second-order valence-corrected chi connectivity index (χ2v) is 5.88. The van der Waals surface area contributed by atoms with E-state index in [1.807, 2.05) is 36.4 Å². The highest BCUT2D eigenvalue weighted by Crippen LogP contribution is 2.42. The summed E-state index contributed by atoms with van der Waals surface area (Å²) < 4.78 is 19.2. The summed E-state index contributed by atoms with van der Waals surface area (Å²) in [6, 6.07) is 18.0. The second kappa shape index (κ2) is 7.27. The molecule has 27 heavy (non-hydrogen) atoms. The van der Waals surface area contributed by atoms with Crippen molar-refractivity contribution in [2.45, 2.75) is 6.92 Å². The summed E-state index contributed by atoms with van der Waals surface area (Å²) in [6.45, 7) is 1.70. The highest BCUT2D eigenvalue weighted by atomic mass is 19.1. The molecule has 3 nitrogen and oxygen atoms in total. The number of benzene rings is 2. The lowest BCUT2D eigenvalue weighted by atomic mass is 9.92. The molecule has 4 heteroatoms. The molecule has 130 valence electrons. The molecule has 0 amide bonds. The van der Waals surface area contributed by atoms with E-state index < -0.39 is 0 Å². The number of para-hydroxylation sites is 1. The number of ether oxygens (including phenoxy) is 1. The van der Waals surface area contributed by atoms with E-state index in [-0.39, 0.29) is 5.82 Å². The number of hydrogen-bond donors (Lipinski definition) is 0. The van der Waals surface area contributed by atoms with Crippen molar-refractivity contribution < 1.29 is 9.13 Å². The topological polar surface area (TPSA) is 35.0 Å². The van der Waals surface area contributed by atoms with Crippen LogP contribution in [0.3, 0.4) is 0 Å². The average molecular weight is 354 g/mol. The summed E-state index contributed by atoms with van der Waals surface area (Å²) in [7, 11) is 0. The van der Waals surface area contributed by atoms with Gasteiger partial charge >= 0.3 is 0 Å². The first-order valence-corrected chi connectivity index (χ1v) is 8.45. The molecule has 2 aromatic carbocycles. The van der Waals surface area contributed by atoms with Gasteiger partial charge in [0.15, 0.2) is 0 Å². The standard InChI is InChI=1S/C23H15FN2O/c1-2-15-27-23-22(16-7-9-18(24)10-8-16)21(17-11-13-25-14-12-17)19-5-3-4-6-20(19)26-23/h3-14H,1H3. The summed E-state index contributed by atoms with van der Waals surface area (Å²) in [5.74, 6) is 2.82. The molecule has 0 bridgehead atoms. The molecule has 0 atom stereocenters. The number of nitrogens with zero attached hydrogens (tertiary/aromatic N) is 2. The first kappa shape index (κ1) is 16.7. The number of pyridine rings is 2. The molecular formula is C23H15FN2O. The molecule has 0 unspecified atom stereocenters. The van der Waals surface area contributed by atoms with Gasteiger partial charge in [-0.3, -0.25) is 4.98 Å². The third-order valence-corrected chi connectivity index (χ3v) is 4.21. The molecule has 2 heterocycles.